The van der Waals surface area contributed by atoms with E-state index in [0.29, 0.717) is 22.0 Å². The first-order chi connectivity index (χ1) is 19.2. The van der Waals surface area contributed by atoms with Crippen molar-refractivity contribution in [2.24, 2.45) is 0 Å². The van der Waals surface area contributed by atoms with Crippen molar-refractivity contribution in [3.05, 3.63) is 46.7 Å². The van der Waals surface area contributed by atoms with Crippen molar-refractivity contribution in [2.45, 2.75) is 49.9 Å². The highest BCUT2D eigenvalue weighted by Crippen LogP contribution is 2.41. The Bertz CT molecular complexity index is 1360. The number of tetrazole rings is 1. The number of benzene rings is 1. The van der Waals surface area contributed by atoms with Crippen LogP contribution in [0.3, 0.4) is 0 Å². The molecule has 2 unspecified atom stereocenters. The number of carboxylic acids is 1. The number of ether oxygens (including phenoxy) is 1. The maximum absolute atomic E-state index is 13.0. The van der Waals surface area contributed by atoms with Gasteiger partial charge in [-0.2, -0.15) is 0 Å². The second kappa shape index (κ2) is 13.0. The van der Waals surface area contributed by atoms with Gasteiger partial charge >= 0.3 is 11.9 Å². The van der Waals surface area contributed by atoms with Gasteiger partial charge in [-0.25, -0.2) is 9.48 Å². The average Bonchev–Trinajstić information content (AvgIpc) is 3.35. The van der Waals surface area contributed by atoms with Crippen LogP contribution in [0.5, 0.6) is 0 Å². The van der Waals surface area contributed by atoms with E-state index in [1.165, 1.54) is 28.3 Å². The van der Waals surface area contributed by atoms with Crippen LogP contribution in [-0.4, -0.2) is 89.4 Å². The molecule has 2 aliphatic heterocycles. The van der Waals surface area contributed by atoms with Gasteiger partial charge in [0.1, 0.15) is 23.7 Å². The third kappa shape index (κ3) is 6.62. The van der Waals surface area contributed by atoms with Crippen LogP contribution in [0.1, 0.15) is 25.0 Å². The maximum atomic E-state index is 13.0. The average molecular weight is 590 g/mol. The van der Waals surface area contributed by atoms with Crippen LogP contribution < -0.4 is 10.6 Å². The third-order valence-electron chi connectivity index (χ3n) is 6.02. The van der Waals surface area contributed by atoms with Gasteiger partial charge in [0, 0.05) is 25.0 Å². The molecule has 0 radical (unpaired) electrons. The van der Waals surface area contributed by atoms with E-state index in [9.17, 15) is 29.1 Å². The fourth-order valence-electron chi connectivity index (χ4n) is 4.19. The molecule has 0 aliphatic carbocycles. The summed E-state index contributed by atoms with van der Waals surface area (Å²) in [4.78, 5) is 62.3. The Kier molecular flexibility index (Phi) is 9.42. The second-order valence-electron chi connectivity index (χ2n) is 8.78. The van der Waals surface area contributed by atoms with E-state index >= 15 is 0 Å². The van der Waals surface area contributed by atoms with Gasteiger partial charge in [0.15, 0.2) is 0 Å². The summed E-state index contributed by atoms with van der Waals surface area (Å²) in [6.45, 7) is 3.40. The lowest BCUT2D eigenvalue weighted by Gasteiger charge is -2.49. The van der Waals surface area contributed by atoms with Gasteiger partial charge in [-0.1, -0.05) is 36.0 Å². The number of hydrogen-bond donors (Lipinski definition) is 3. The Morgan fingerprint density at radius 1 is 1.23 bits per heavy atom. The van der Waals surface area contributed by atoms with Crippen molar-refractivity contribution < 1.29 is 33.8 Å². The zero-order valence-corrected chi connectivity index (χ0v) is 23.3. The summed E-state index contributed by atoms with van der Waals surface area (Å²) >= 11 is 2.49. The predicted octanol–water partition coefficient (Wildman–Crippen LogP) is -0.0543. The molecular formula is C24H27N7O7S2. The Morgan fingerprint density at radius 2 is 1.98 bits per heavy atom. The van der Waals surface area contributed by atoms with Crippen LogP contribution in [0, 0.1) is 0 Å². The Morgan fingerprint density at radius 3 is 2.67 bits per heavy atom. The van der Waals surface area contributed by atoms with Gasteiger partial charge < -0.3 is 20.5 Å². The van der Waals surface area contributed by atoms with Gasteiger partial charge in [0.25, 0.3) is 5.91 Å². The quantitative estimate of drug-likeness (QED) is 0.170. The van der Waals surface area contributed by atoms with Gasteiger partial charge in [0.05, 0.1) is 13.0 Å². The molecule has 1 aromatic heterocycles. The summed E-state index contributed by atoms with van der Waals surface area (Å²) in [7, 11) is 0. The lowest BCUT2D eigenvalue weighted by molar-refractivity contribution is -0.150. The Labute approximate surface area is 237 Å². The van der Waals surface area contributed by atoms with Crippen molar-refractivity contribution in [1.82, 2.24) is 35.7 Å². The maximum Gasteiger partial charge on any atom is 0.352 e. The largest absolute Gasteiger partial charge is 0.477 e. The standard InChI is InChI=1S/C24H27N7O7S2/c1-3-38-18(34)10-30-24(27-28-29-30)40-12-16-11-39-22-19(21(35)31(22)20(16)23(36)37)26-17(33)8-14-6-4-5-7-15(14)9-25-13(2)32/h4-7,19,22H,3,8-12H2,1-2H3,(H,25,32)(H,26,33)(H,36,37). The molecule has 2 aliphatic rings. The van der Waals surface area contributed by atoms with E-state index in [1.807, 2.05) is 6.07 Å². The number of aromatic nitrogens is 4. The molecule has 0 saturated carbocycles. The molecule has 3 heterocycles. The van der Waals surface area contributed by atoms with Gasteiger partial charge in [-0.05, 0) is 34.1 Å². The molecule has 1 aromatic carbocycles. The summed E-state index contributed by atoms with van der Waals surface area (Å²) < 4.78 is 6.17. The van der Waals surface area contributed by atoms with E-state index in [-0.39, 0.29) is 49.4 Å². The molecule has 2 atom stereocenters. The van der Waals surface area contributed by atoms with Crippen molar-refractivity contribution in [3.8, 4) is 0 Å². The second-order valence-corrected chi connectivity index (χ2v) is 10.8. The summed E-state index contributed by atoms with van der Waals surface area (Å²) in [6.07, 6.45) is 0.000951. The third-order valence-corrected chi connectivity index (χ3v) is 8.41. The molecule has 2 aromatic rings. The van der Waals surface area contributed by atoms with E-state index in [4.69, 9.17) is 4.74 Å². The molecule has 212 valence electrons. The highest BCUT2D eigenvalue weighted by atomic mass is 32.2. The fraction of sp³-hybridized carbons (Fsp3) is 0.417. The molecule has 0 spiro atoms. The Hall–Kier alpha value is -3.92. The number of nitrogens with zero attached hydrogens (tertiary/aromatic N) is 5. The summed E-state index contributed by atoms with van der Waals surface area (Å²) in [5, 5.41) is 26.3. The molecule has 0 bridgehead atoms. The van der Waals surface area contributed by atoms with Crippen LogP contribution in [-0.2, 0) is 48.2 Å². The van der Waals surface area contributed by atoms with Crippen molar-refractivity contribution >= 4 is 53.2 Å². The van der Waals surface area contributed by atoms with E-state index < -0.39 is 29.3 Å². The summed E-state index contributed by atoms with van der Waals surface area (Å²) in [6, 6.07) is 6.32. The first-order valence-corrected chi connectivity index (χ1v) is 14.3. The van der Waals surface area contributed by atoms with Gasteiger partial charge in [0.2, 0.25) is 17.0 Å². The molecule has 3 N–H and O–H groups in total. The van der Waals surface area contributed by atoms with Gasteiger partial charge in [-0.15, -0.1) is 16.9 Å². The first kappa shape index (κ1) is 29.1. The highest BCUT2D eigenvalue weighted by Gasteiger charge is 2.54. The number of amides is 3. The van der Waals surface area contributed by atoms with E-state index in [0.717, 1.165) is 17.3 Å². The summed E-state index contributed by atoms with van der Waals surface area (Å²) in [5.74, 6) is -2.35. The monoisotopic (exact) mass is 589 g/mol. The zero-order chi connectivity index (χ0) is 28.8. The number of carbonyl (C=O) groups is 5. The molecular weight excluding hydrogens is 562 g/mol. The SMILES string of the molecule is CCOC(=O)Cn1nnnc1SCC1=C(C(=O)O)N2C(=O)C(NC(=O)Cc3ccccc3CNC(C)=O)C2SC1. The van der Waals surface area contributed by atoms with Crippen molar-refractivity contribution in [1.29, 1.82) is 0 Å². The minimum atomic E-state index is -1.25. The fourth-order valence-corrected chi connectivity index (χ4v) is 6.56. The van der Waals surface area contributed by atoms with Crippen molar-refractivity contribution in [3.63, 3.8) is 0 Å². The van der Waals surface area contributed by atoms with Crippen LogP contribution >= 0.6 is 23.5 Å². The number of rotatable bonds is 12. The lowest BCUT2D eigenvalue weighted by atomic mass is 10.0. The molecule has 14 nitrogen and oxygen atoms in total. The first-order valence-electron chi connectivity index (χ1n) is 12.2. The summed E-state index contributed by atoms with van der Waals surface area (Å²) in [5.41, 5.74) is 1.86. The predicted molar refractivity (Wildman–Crippen MR) is 143 cm³/mol. The highest BCUT2D eigenvalue weighted by molar-refractivity contribution is 8.01. The van der Waals surface area contributed by atoms with Crippen LogP contribution in [0.15, 0.2) is 40.7 Å². The zero-order valence-electron chi connectivity index (χ0n) is 21.7. The van der Waals surface area contributed by atoms with Crippen LogP contribution in [0.2, 0.25) is 0 Å². The number of fused-ring (bicyclic) bond motifs is 1. The number of β-lactam (4-membered cyclic amide) rings is 1. The van der Waals surface area contributed by atoms with Gasteiger partial charge in [-0.3, -0.25) is 24.1 Å². The normalized spacial score (nSPS) is 18.1. The number of thioether (sulfide) groups is 2. The molecule has 4 rings (SSSR count). The Balaban J connectivity index is 1.40. The minimum Gasteiger partial charge on any atom is -0.477 e. The lowest BCUT2D eigenvalue weighted by Crippen LogP contribution is -2.70. The number of carboxylic acid groups (broad SMARTS) is 1. The van der Waals surface area contributed by atoms with Crippen LogP contribution in [0.25, 0.3) is 0 Å². The molecule has 40 heavy (non-hydrogen) atoms. The molecule has 3 amide bonds. The molecule has 1 fully saturated rings. The van der Waals surface area contributed by atoms with E-state index in [1.54, 1.807) is 25.1 Å². The smallest absolute Gasteiger partial charge is 0.352 e. The molecule has 1 saturated heterocycles. The van der Waals surface area contributed by atoms with E-state index in [2.05, 4.69) is 26.2 Å². The topological polar surface area (TPSA) is 186 Å². The number of nitrogens with one attached hydrogen (secondary N) is 2. The number of hydrogen-bond acceptors (Lipinski definition) is 11. The minimum absolute atomic E-state index is 0.000951. The number of aliphatic carboxylic acids is 1. The van der Waals surface area contributed by atoms with Crippen LogP contribution in [0.4, 0.5) is 0 Å². The van der Waals surface area contributed by atoms with Crippen molar-refractivity contribution in [2.75, 3.05) is 18.1 Å². The molecule has 16 heteroatoms. The number of carbonyl (C=O) groups excluding carboxylic acids is 4. The number of esters is 1.